The van der Waals surface area contributed by atoms with Crippen LogP contribution in [-0.2, 0) is 21.5 Å². The molecule has 0 aliphatic carbocycles. The van der Waals surface area contributed by atoms with Gasteiger partial charge in [0.25, 0.3) is 10.2 Å². The Morgan fingerprint density at radius 3 is 2.63 bits per heavy atom. The highest BCUT2D eigenvalue weighted by Gasteiger charge is 2.30. The van der Waals surface area contributed by atoms with Crippen LogP contribution in [0.25, 0.3) is 0 Å². The minimum absolute atomic E-state index is 0.0878. The van der Waals surface area contributed by atoms with Crippen molar-refractivity contribution in [2.24, 2.45) is 0 Å². The number of hydrogen-bond acceptors (Lipinski definition) is 4. The highest BCUT2D eigenvalue weighted by Crippen LogP contribution is 2.13. The van der Waals surface area contributed by atoms with Gasteiger partial charge in [0.2, 0.25) is 0 Å². The Kier molecular flexibility index (Phi) is 4.51. The van der Waals surface area contributed by atoms with E-state index in [0.717, 1.165) is 0 Å². The summed E-state index contributed by atoms with van der Waals surface area (Å²) < 4.78 is 33.9. The lowest BCUT2D eigenvalue weighted by atomic mass is 10.3. The molecule has 2 atom stereocenters. The summed E-state index contributed by atoms with van der Waals surface area (Å²) in [5, 5.41) is 0. The smallest absolute Gasteiger partial charge is 0.279 e. The van der Waals surface area contributed by atoms with Crippen LogP contribution in [0.15, 0.2) is 24.4 Å². The van der Waals surface area contributed by atoms with Crippen LogP contribution in [0.4, 0.5) is 0 Å². The van der Waals surface area contributed by atoms with Crippen molar-refractivity contribution < 1.29 is 13.2 Å². The first kappa shape index (κ1) is 14.4. The number of nitrogens with one attached hydrogen (secondary N) is 1. The van der Waals surface area contributed by atoms with Crippen LogP contribution >= 0.6 is 0 Å². The summed E-state index contributed by atoms with van der Waals surface area (Å²) in [6.07, 6.45) is 1.47. The molecular formula is C12H19N3O3S. The third kappa shape index (κ3) is 3.97. The van der Waals surface area contributed by atoms with Gasteiger partial charge in [-0.15, -0.1) is 0 Å². The standard InChI is InChI=1S/C12H19N3O3S/c1-10-8-15(9-11(2)18-10)19(16,17)14-7-12-5-3-4-6-13-12/h3-6,10-11,14H,7-9H2,1-2H3/t10-,11-/m0/s1. The summed E-state index contributed by atoms with van der Waals surface area (Å²) in [5.74, 6) is 0. The molecule has 0 unspecified atom stereocenters. The molecule has 2 rings (SSSR count). The van der Waals surface area contributed by atoms with E-state index in [1.54, 1.807) is 18.3 Å². The molecule has 7 heteroatoms. The second-order valence-electron chi connectivity index (χ2n) is 4.72. The second-order valence-corrected chi connectivity index (χ2v) is 6.48. The van der Waals surface area contributed by atoms with E-state index in [0.29, 0.717) is 18.8 Å². The maximum Gasteiger partial charge on any atom is 0.279 e. The van der Waals surface area contributed by atoms with Crippen molar-refractivity contribution in [1.82, 2.24) is 14.0 Å². The SMILES string of the molecule is C[C@H]1CN(S(=O)(=O)NCc2ccccn2)C[C@H](C)O1. The number of nitrogens with zero attached hydrogens (tertiary/aromatic N) is 2. The Bertz CT molecular complexity index is 496. The average Bonchev–Trinajstić information content (AvgIpc) is 2.37. The highest BCUT2D eigenvalue weighted by atomic mass is 32.2. The molecular weight excluding hydrogens is 266 g/mol. The molecule has 0 spiro atoms. The van der Waals surface area contributed by atoms with E-state index in [1.807, 2.05) is 19.9 Å². The molecule has 0 aromatic carbocycles. The molecule has 0 amide bonds. The van der Waals surface area contributed by atoms with Gasteiger partial charge in [-0.05, 0) is 26.0 Å². The van der Waals surface area contributed by atoms with Crippen molar-refractivity contribution in [3.8, 4) is 0 Å². The maximum absolute atomic E-state index is 12.2. The number of pyridine rings is 1. The number of aromatic nitrogens is 1. The molecule has 106 valence electrons. The summed E-state index contributed by atoms with van der Waals surface area (Å²) in [4.78, 5) is 4.09. The Morgan fingerprint density at radius 1 is 1.37 bits per heavy atom. The Hall–Kier alpha value is -1.02. The molecule has 1 saturated heterocycles. The average molecular weight is 285 g/mol. The lowest BCUT2D eigenvalue weighted by molar-refractivity contribution is -0.0444. The third-order valence-electron chi connectivity index (χ3n) is 2.89. The number of rotatable bonds is 4. The Morgan fingerprint density at radius 2 is 2.05 bits per heavy atom. The lowest BCUT2D eigenvalue weighted by Gasteiger charge is -2.34. The van der Waals surface area contributed by atoms with Gasteiger partial charge in [-0.3, -0.25) is 4.98 Å². The van der Waals surface area contributed by atoms with Gasteiger partial charge < -0.3 is 4.74 Å². The van der Waals surface area contributed by atoms with E-state index < -0.39 is 10.2 Å². The van der Waals surface area contributed by atoms with E-state index in [-0.39, 0.29) is 18.8 Å². The lowest BCUT2D eigenvalue weighted by Crippen LogP contribution is -2.51. The van der Waals surface area contributed by atoms with Crippen molar-refractivity contribution in [3.63, 3.8) is 0 Å². The largest absolute Gasteiger partial charge is 0.373 e. The van der Waals surface area contributed by atoms with Gasteiger partial charge in [-0.2, -0.15) is 17.4 Å². The van der Waals surface area contributed by atoms with Crippen LogP contribution < -0.4 is 4.72 Å². The molecule has 1 aliphatic rings. The Labute approximate surface area is 114 Å². The number of morpholine rings is 1. The molecule has 0 saturated carbocycles. The van der Waals surface area contributed by atoms with Crippen LogP contribution in [-0.4, -0.2) is 43.0 Å². The normalized spacial score (nSPS) is 25.4. The zero-order valence-corrected chi connectivity index (χ0v) is 11.9. The van der Waals surface area contributed by atoms with E-state index in [9.17, 15) is 8.42 Å². The molecule has 1 fully saturated rings. The minimum Gasteiger partial charge on any atom is -0.373 e. The van der Waals surface area contributed by atoms with Crippen molar-refractivity contribution in [3.05, 3.63) is 30.1 Å². The van der Waals surface area contributed by atoms with Crippen LogP contribution in [0, 0.1) is 0 Å². The van der Waals surface area contributed by atoms with Crippen molar-refractivity contribution in [2.45, 2.75) is 32.6 Å². The topological polar surface area (TPSA) is 71.5 Å². The van der Waals surface area contributed by atoms with Gasteiger partial charge in [0.1, 0.15) is 0 Å². The van der Waals surface area contributed by atoms with E-state index >= 15 is 0 Å². The fraction of sp³-hybridized carbons (Fsp3) is 0.583. The summed E-state index contributed by atoms with van der Waals surface area (Å²) in [7, 11) is -3.48. The molecule has 1 aliphatic heterocycles. The maximum atomic E-state index is 12.2. The quantitative estimate of drug-likeness (QED) is 0.875. The fourth-order valence-corrected chi connectivity index (χ4v) is 3.41. The molecule has 6 nitrogen and oxygen atoms in total. The molecule has 1 N–H and O–H groups in total. The minimum atomic E-state index is -3.48. The molecule has 1 aromatic rings. The van der Waals surface area contributed by atoms with E-state index in [4.69, 9.17) is 4.74 Å². The summed E-state index contributed by atoms with van der Waals surface area (Å²) >= 11 is 0. The summed E-state index contributed by atoms with van der Waals surface area (Å²) in [6, 6.07) is 5.41. The summed E-state index contributed by atoms with van der Waals surface area (Å²) in [6.45, 7) is 4.70. The molecule has 2 heterocycles. The predicted octanol–water partition coefficient (Wildman–Crippen LogP) is 0.525. The number of ether oxygens (including phenoxy) is 1. The predicted molar refractivity (Wildman–Crippen MR) is 71.6 cm³/mol. The van der Waals surface area contributed by atoms with E-state index in [2.05, 4.69) is 9.71 Å². The molecule has 0 radical (unpaired) electrons. The zero-order chi connectivity index (χ0) is 13.9. The second kappa shape index (κ2) is 5.96. The van der Waals surface area contributed by atoms with Gasteiger partial charge in [0, 0.05) is 19.3 Å². The molecule has 0 bridgehead atoms. The van der Waals surface area contributed by atoms with Crippen LogP contribution in [0.5, 0.6) is 0 Å². The van der Waals surface area contributed by atoms with Crippen LogP contribution in [0.2, 0.25) is 0 Å². The molecule has 19 heavy (non-hydrogen) atoms. The van der Waals surface area contributed by atoms with Crippen LogP contribution in [0.1, 0.15) is 19.5 Å². The van der Waals surface area contributed by atoms with Crippen molar-refractivity contribution in [2.75, 3.05) is 13.1 Å². The van der Waals surface area contributed by atoms with E-state index in [1.165, 1.54) is 4.31 Å². The first-order valence-corrected chi connectivity index (χ1v) is 7.71. The van der Waals surface area contributed by atoms with Crippen LogP contribution in [0.3, 0.4) is 0 Å². The fourth-order valence-electron chi connectivity index (χ4n) is 2.09. The first-order chi connectivity index (χ1) is 8.97. The van der Waals surface area contributed by atoms with Crippen molar-refractivity contribution >= 4 is 10.2 Å². The molecule has 1 aromatic heterocycles. The van der Waals surface area contributed by atoms with Gasteiger partial charge in [0.15, 0.2) is 0 Å². The number of hydrogen-bond donors (Lipinski definition) is 1. The Balaban J connectivity index is 1.98. The van der Waals surface area contributed by atoms with Gasteiger partial charge in [-0.1, -0.05) is 6.07 Å². The third-order valence-corrected chi connectivity index (χ3v) is 4.37. The summed E-state index contributed by atoms with van der Waals surface area (Å²) in [5.41, 5.74) is 0.695. The van der Waals surface area contributed by atoms with Crippen molar-refractivity contribution in [1.29, 1.82) is 0 Å². The first-order valence-electron chi connectivity index (χ1n) is 6.27. The van der Waals surface area contributed by atoms with Gasteiger partial charge >= 0.3 is 0 Å². The highest BCUT2D eigenvalue weighted by molar-refractivity contribution is 7.87. The van der Waals surface area contributed by atoms with Gasteiger partial charge in [-0.25, -0.2) is 0 Å². The zero-order valence-electron chi connectivity index (χ0n) is 11.1. The van der Waals surface area contributed by atoms with Gasteiger partial charge in [0.05, 0.1) is 24.4 Å². The monoisotopic (exact) mass is 285 g/mol.